The molecule has 0 aromatic carbocycles. The van der Waals surface area contributed by atoms with E-state index in [9.17, 15) is 0 Å². The maximum atomic E-state index is 3.47. The Kier molecular flexibility index (Phi) is 5.30. The third kappa shape index (κ3) is 5.39. The van der Waals surface area contributed by atoms with E-state index in [-0.39, 0.29) is 0 Å². The molecule has 0 unspecified atom stereocenters. The molecule has 1 aliphatic heterocycles. The van der Waals surface area contributed by atoms with Gasteiger partial charge >= 0.3 is 0 Å². The van der Waals surface area contributed by atoms with Crippen LogP contribution in [0, 0.1) is 17.8 Å². The number of piperidine rings is 1. The number of nitrogens with one attached hydrogen (secondary N) is 1. The summed E-state index contributed by atoms with van der Waals surface area (Å²) in [6.45, 7) is 11.3. The van der Waals surface area contributed by atoms with Crippen LogP contribution in [0.25, 0.3) is 0 Å². The van der Waals surface area contributed by atoms with Gasteiger partial charge in [-0.2, -0.15) is 0 Å². The first-order valence-electron chi connectivity index (χ1n) is 7.67. The lowest BCUT2D eigenvalue weighted by molar-refractivity contribution is 0.190. The van der Waals surface area contributed by atoms with Gasteiger partial charge < -0.3 is 10.2 Å². The van der Waals surface area contributed by atoms with E-state index in [0.717, 1.165) is 17.8 Å². The van der Waals surface area contributed by atoms with E-state index in [0.29, 0.717) is 0 Å². The molecule has 1 saturated heterocycles. The smallest absolute Gasteiger partial charge is 0.00107 e. The van der Waals surface area contributed by atoms with Crippen LogP contribution in [0.5, 0.6) is 0 Å². The Balaban J connectivity index is 1.72. The molecule has 2 aliphatic rings. The average Bonchev–Trinajstić information content (AvgIpc) is 3.11. The molecule has 2 heteroatoms. The summed E-state index contributed by atoms with van der Waals surface area (Å²) in [6.07, 6.45) is 7.14. The largest absolute Gasteiger partial charge is 0.317 e. The van der Waals surface area contributed by atoms with Crippen molar-refractivity contribution in [1.82, 2.24) is 10.2 Å². The Hall–Kier alpha value is -0.0800. The molecular formula is C15H30N2. The zero-order chi connectivity index (χ0) is 12.1. The van der Waals surface area contributed by atoms with Gasteiger partial charge in [0.15, 0.2) is 0 Å². The Labute approximate surface area is 107 Å². The molecule has 0 spiro atoms. The molecule has 2 rings (SSSR count). The fraction of sp³-hybridized carbons (Fsp3) is 1.00. The first-order chi connectivity index (χ1) is 8.24. The van der Waals surface area contributed by atoms with Crippen molar-refractivity contribution in [2.24, 2.45) is 17.8 Å². The normalized spacial score (nSPS) is 22.6. The predicted octanol–water partition coefficient (Wildman–Crippen LogP) is 2.74. The van der Waals surface area contributed by atoms with E-state index in [1.165, 1.54) is 64.8 Å². The van der Waals surface area contributed by atoms with E-state index in [1.807, 2.05) is 0 Å². The van der Waals surface area contributed by atoms with E-state index in [4.69, 9.17) is 0 Å². The average molecular weight is 238 g/mol. The van der Waals surface area contributed by atoms with Crippen molar-refractivity contribution in [3.05, 3.63) is 0 Å². The van der Waals surface area contributed by atoms with Gasteiger partial charge in [-0.05, 0) is 69.5 Å². The highest BCUT2D eigenvalue weighted by molar-refractivity contribution is 4.80. The minimum Gasteiger partial charge on any atom is -0.317 e. The van der Waals surface area contributed by atoms with Crippen LogP contribution in [0.3, 0.4) is 0 Å². The Morgan fingerprint density at radius 2 is 1.59 bits per heavy atom. The number of hydrogen-bond acceptors (Lipinski definition) is 2. The van der Waals surface area contributed by atoms with Gasteiger partial charge in [0, 0.05) is 13.1 Å². The SMILES string of the molecule is CC(C)CCN(CC1CCNCC1)CC1CC1. The highest BCUT2D eigenvalue weighted by atomic mass is 15.1. The molecule has 1 heterocycles. The summed E-state index contributed by atoms with van der Waals surface area (Å²) in [7, 11) is 0. The van der Waals surface area contributed by atoms with Crippen molar-refractivity contribution < 1.29 is 0 Å². The van der Waals surface area contributed by atoms with E-state index in [2.05, 4.69) is 24.1 Å². The van der Waals surface area contributed by atoms with Crippen LogP contribution < -0.4 is 5.32 Å². The second-order valence-electron chi connectivity index (χ2n) is 6.58. The van der Waals surface area contributed by atoms with Gasteiger partial charge in [-0.1, -0.05) is 13.8 Å². The van der Waals surface area contributed by atoms with Crippen molar-refractivity contribution in [3.8, 4) is 0 Å². The molecule has 17 heavy (non-hydrogen) atoms. The maximum Gasteiger partial charge on any atom is 0.00107 e. The molecule has 0 aromatic rings. The minimum atomic E-state index is 0.852. The van der Waals surface area contributed by atoms with Gasteiger partial charge in [-0.25, -0.2) is 0 Å². The summed E-state index contributed by atoms with van der Waals surface area (Å²) in [5, 5.41) is 3.47. The molecule has 1 saturated carbocycles. The van der Waals surface area contributed by atoms with Gasteiger partial charge in [0.05, 0.1) is 0 Å². The van der Waals surface area contributed by atoms with Gasteiger partial charge in [0.1, 0.15) is 0 Å². The van der Waals surface area contributed by atoms with Gasteiger partial charge in [-0.3, -0.25) is 0 Å². The number of nitrogens with zero attached hydrogens (tertiary/aromatic N) is 1. The Morgan fingerprint density at radius 1 is 1.00 bits per heavy atom. The molecule has 1 N–H and O–H groups in total. The van der Waals surface area contributed by atoms with Crippen molar-refractivity contribution in [2.75, 3.05) is 32.7 Å². The molecule has 0 aromatic heterocycles. The van der Waals surface area contributed by atoms with Crippen LogP contribution in [-0.4, -0.2) is 37.6 Å². The van der Waals surface area contributed by atoms with Gasteiger partial charge in [0.2, 0.25) is 0 Å². The first kappa shape index (κ1) is 13.4. The van der Waals surface area contributed by atoms with Crippen LogP contribution >= 0.6 is 0 Å². The van der Waals surface area contributed by atoms with Crippen molar-refractivity contribution in [1.29, 1.82) is 0 Å². The topological polar surface area (TPSA) is 15.3 Å². The lowest BCUT2D eigenvalue weighted by Crippen LogP contribution is -2.37. The fourth-order valence-electron chi connectivity index (χ4n) is 2.79. The Bertz CT molecular complexity index is 205. The maximum absolute atomic E-state index is 3.47. The second-order valence-corrected chi connectivity index (χ2v) is 6.58. The summed E-state index contributed by atoms with van der Waals surface area (Å²) in [5.41, 5.74) is 0. The second kappa shape index (κ2) is 6.75. The highest BCUT2D eigenvalue weighted by Crippen LogP contribution is 2.30. The minimum absolute atomic E-state index is 0.852. The first-order valence-corrected chi connectivity index (χ1v) is 7.67. The standard InChI is InChI=1S/C15H30N2/c1-13(2)7-10-17(11-14-3-4-14)12-15-5-8-16-9-6-15/h13-16H,3-12H2,1-2H3. The summed E-state index contributed by atoms with van der Waals surface area (Å²) in [4.78, 5) is 2.77. The van der Waals surface area contributed by atoms with Crippen molar-refractivity contribution in [3.63, 3.8) is 0 Å². The number of rotatable bonds is 7. The van der Waals surface area contributed by atoms with E-state index in [1.54, 1.807) is 0 Å². The van der Waals surface area contributed by atoms with Crippen molar-refractivity contribution in [2.45, 2.75) is 46.0 Å². The van der Waals surface area contributed by atoms with Crippen LogP contribution in [0.15, 0.2) is 0 Å². The molecular weight excluding hydrogens is 208 g/mol. The molecule has 1 aliphatic carbocycles. The highest BCUT2D eigenvalue weighted by Gasteiger charge is 2.25. The molecule has 2 fully saturated rings. The predicted molar refractivity (Wildman–Crippen MR) is 74.2 cm³/mol. The van der Waals surface area contributed by atoms with Gasteiger partial charge in [-0.15, -0.1) is 0 Å². The van der Waals surface area contributed by atoms with Gasteiger partial charge in [0.25, 0.3) is 0 Å². The monoisotopic (exact) mass is 238 g/mol. The van der Waals surface area contributed by atoms with E-state index >= 15 is 0 Å². The zero-order valence-electron chi connectivity index (χ0n) is 11.8. The molecule has 0 radical (unpaired) electrons. The lowest BCUT2D eigenvalue weighted by atomic mass is 9.97. The van der Waals surface area contributed by atoms with Crippen LogP contribution in [0.4, 0.5) is 0 Å². The molecule has 2 nitrogen and oxygen atoms in total. The third-order valence-electron chi connectivity index (χ3n) is 4.21. The van der Waals surface area contributed by atoms with E-state index < -0.39 is 0 Å². The number of hydrogen-bond donors (Lipinski definition) is 1. The molecule has 0 bridgehead atoms. The Morgan fingerprint density at radius 3 is 2.12 bits per heavy atom. The summed E-state index contributed by atoms with van der Waals surface area (Å²) in [6, 6.07) is 0. The van der Waals surface area contributed by atoms with Crippen molar-refractivity contribution >= 4 is 0 Å². The van der Waals surface area contributed by atoms with Crippen LogP contribution in [0.2, 0.25) is 0 Å². The fourth-order valence-corrected chi connectivity index (χ4v) is 2.79. The van der Waals surface area contributed by atoms with Crippen LogP contribution in [-0.2, 0) is 0 Å². The zero-order valence-corrected chi connectivity index (χ0v) is 11.8. The summed E-state index contributed by atoms with van der Waals surface area (Å²) in [5.74, 6) is 2.86. The summed E-state index contributed by atoms with van der Waals surface area (Å²) < 4.78 is 0. The molecule has 100 valence electrons. The molecule has 0 atom stereocenters. The molecule has 0 amide bonds. The summed E-state index contributed by atoms with van der Waals surface area (Å²) >= 11 is 0. The quantitative estimate of drug-likeness (QED) is 0.733. The van der Waals surface area contributed by atoms with Crippen LogP contribution in [0.1, 0.15) is 46.0 Å². The third-order valence-corrected chi connectivity index (χ3v) is 4.21. The lowest BCUT2D eigenvalue weighted by Gasteiger charge is -2.30.